The molecule has 0 bridgehead atoms. The Bertz CT molecular complexity index is 152. The van der Waals surface area contributed by atoms with Gasteiger partial charge < -0.3 is 0 Å². The summed E-state index contributed by atoms with van der Waals surface area (Å²) in [5.41, 5.74) is 0. The summed E-state index contributed by atoms with van der Waals surface area (Å²) < 4.78 is 0. The lowest BCUT2D eigenvalue weighted by molar-refractivity contribution is -0.119. The number of rotatable bonds is 0. The molecule has 0 atom stereocenters. The highest BCUT2D eigenvalue weighted by atomic mass is 32.2. The van der Waals surface area contributed by atoms with Crippen LogP contribution < -0.4 is 0 Å². The van der Waals surface area contributed by atoms with Crippen molar-refractivity contribution < 1.29 is 4.79 Å². The van der Waals surface area contributed by atoms with E-state index in [9.17, 15) is 4.79 Å². The molecule has 0 aliphatic carbocycles. The maximum absolute atomic E-state index is 11.4. The predicted molar refractivity (Wildman–Crippen MR) is 68.5 cm³/mol. The van der Waals surface area contributed by atoms with Crippen molar-refractivity contribution in [1.82, 2.24) is 0 Å². The molecule has 0 unspecified atom stereocenters. The molecule has 1 aliphatic rings. The molecule has 0 N–H and O–H groups in total. The van der Waals surface area contributed by atoms with Gasteiger partial charge >= 0.3 is 0 Å². The third-order valence-electron chi connectivity index (χ3n) is 2.99. The number of Topliss-reactive ketones (excluding diaryl/α,β-unsaturated/α-hetero) is 1. The number of carbonyl (C=O) groups excluding carboxylic acids is 1. The van der Waals surface area contributed by atoms with Crippen LogP contribution in [-0.2, 0) is 4.79 Å². The van der Waals surface area contributed by atoms with Crippen LogP contribution in [0, 0.1) is 0 Å². The number of hydrogen-bond donors (Lipinski definition) is 0. The molecule has 88 valence electrons. The minimum atomic E-state index is 0.500. The number of hydrogen-bond acceptors (Lipinski definition) is 2. The van der Waals surface area contributed by atoms with Crippen molar-refractivity contribution in [1.29, 1.82) is 0 Å². The van der Waals surface area contributed by atoms with E-state index in [4.69, 9.17) is 0 Å². The number of thioether (sulfide) groups is 1. The molecule has 0 amide bonds. The topological polar surface area (TPSA) is 17.1 Å². The van der Waals surface area contributed by atoms with Gasteiger partial charge in [0.2, 0.25) is 0 Å². The first-order chi connectivity index (χ1) is 7.39. The van der Waals surface area contributed by atoms with Crippen LogP contribution in [0.25, 0.3) is 0 Å². The molecule has 1 aliphatic heterocycles. The van der Waals surface area contributed by atoms with Crippen molar-refractivity contribution in [3.05, 3.63) is 0 Å². The van der Waals surface area contributed by atoms with Gasteiger partial charge in [-0.3, -0.25) is 4.79 Å². The lowest BCUT2D eigenvalue weighted by Crippen LogP contribution is -1.98. The Morgan fingerprint density at radius 1 is 0.667 bits per heavy atom. The third kappa shape index (κ3) is 7.89. The number of carbonyl (C=O) groups is 1. The molecule has 0 radical (unpaired) electrons. The summed E-state index contributed by atoms with van der Waals surface area (Å²) >= 11 is 2.10. The highest BCUT2D eigenvalue weighted by molar-refractivity contribution is 7.99. The van der Waals surface area contributed by atoms with E-state index >= 15 is 0 Å². The summed E-state index contributed by atoms with van der Waals surface area (Å²) in [6.45, 7) is 0. The van der Waals surface area contributed by atoms with Gasteiger partial charge in [0.1, 0.15) is 5.78 Å². The Balaban J connectivity index is 2.13. The first-order valence-corrected chi connectivity index (χ1v) is 7.64. The maximum Gasteiger partial charge on any atom is 0.132 e. The quantitative estimate of drug-likeness (QED) is 0.618. The Hall–Kier alpha value is 0.0200. The lowest BCUT2D eigenvalue weighted by Gasteiger charge is -2.05. The first kappa shape index (κ1) is 13.1. The minimum absolute atomic E-state index is 0.500. The molecule has 1 saturated heterocycles. The number of ketones is 1. The zero-order valence-corrected chi connectivity index (χ0v) is 10.6. The van der Waals surface area contributed by atoms with Gasteiger partial charge in [-0.1, -0.05) is 25.7 Å². The molecule has 0 spiro atoms. The summed E-state index contributed by atoms with van der Waals surface area (Å²) in [5, 5.41) is 0. The van der Waals surface area contributed by atoms with Crippen molar-refractivity contribution in [3.8, 4) is 0 Å². The van der Waals surface area contributed by atoms with E-state index in [-0.39, 0.29) is 0 Å². The highest BCUT2D eigenvalue weighted by Crippen LogP contribution is 2.14. The molecule has 1 heterocycles. The highest BCUT2D eigenvalue weighted by Gasteiger charge is 2.02. The molecule has 0 aromatic carbocycles. The SMILES string of the molecule is O=C1CCCCCCCSCCCCC1. The Morgan fingerprint density at radius 2 is 1.13 bits per heavy atom. The van der Waals surface area contributed by atoms with Gasteiger partial charge in [-0.15, -0.1) is 0 Å². The van der Waals surface area contributed by atoms with Crippen LogP contribution in [0.5, 0.6) is 0 Å². The zero-order valence-electron chi connectivity index (χ0n) is 9.80. The van der Waals surface area contributed by atoms with Gasteiger partial charge in [0.15, 0.2) is 0 Å². The van der Waals surface area contributed by atoms with Crippen molar-refractivity contribution in [2.24, 2.45) is 0 Å². The largest absolute Gasteiger partial charge is 0.300 e. The molecule has 0 aromatic rings. The summed E-state index contributed by atoms with van der Waals surface area (Å²) in [7, 11) is 0. The third-order valence-corrected chi connectivity index (χ3v) is 4.14. The minimum Gasteiger partial charge on any atom is -0.300 e. The molecule has 0 aromatic heterocycles. The average Bonchev–Trinajstić information content (AvgIpc) is 2.24. The first-order valence-electron chi connectivity index (χ1n) is 6.49. The van der Waals surface area contributed by atoms with Crippen LogP contribution >= 0.6 is 11.8 Å². The molecule has 15 heavy (non-hydrogen) atoms. The second-order valence-corrected chi connectivity index (χ2v) is 5.70. The monoisotopic (exact) mass is 228 g/mol. The van der Waals surface area contributed by atoms with Gasteiger partial charge in [-0.05, 0) is 37.2 Å². The molecule has 0 saturated carbocycles. The molecule has 1 rings (SSSR count). The van der Waals surface area contributed by atoms with E-state index in [1.807, 2.05) is 0 Å². The van der Waals surface area contributed by atoms with Crippen LogP contribution in [0.1, 0.15) is 64.2 Å². The maximum atomic E-state index is 11.4. The van der Waals surface area contributed by atoms with E-state index in [2.05, 4.69) is 11.8 Å². The molecule has 2 heteroatoms. The van der Waals surface area contributed by atoms with Crippen LogP contribution in [0.4, 0.5) is 0 Å². The summed E-state index contributed by atoms with van der Waals surface area (Å²) in [5.74, 6) is 3.15. The van der Waals surface area contributed by atoms with Gasteiger partial charge in [0.05, 0.1) is 0 Å². The molecule has 1 fully saturated rings. The average molecular weight is 228 g/mol. The molecular weight excluding hydrogens is 204 g/mol. The normalized spacial score (nSPS) is 23.3. The van der Waals surface area contributed by atoms with E-state index in [0.717, 1.165) is 25.7 Å². The van der Waals surface area contributed by atoms with Crippen molar-refractivity contribution >= 4 is 17.5 Å². The van der Waals surface area contributed by atoms with E-state index in [1.165, 1.54) is 50.0 Å². The van der Waals surface area contributed by atoms with Crippen LogP contribution in [0.15, 0.2) is 0 Å². The zero-order chi connectivity index (χ0) is 10.8. The Labute approximate surface area is 98.4 Å². The molecule has 1 nitrogen and oxygen atoms in total. The van der Waals surface area contributed by atoms with Gasteiger partial charge in [-0.2, -0.15) is 11.8 Å². The van der Waals surface area contributed by atoms with E-state index in [1.54, 1.807) is 0 Å². The van der Waals surface area contributed by atoms with Crippen molar-refractivity contribution in [3.63, 3.8) is 0 Å². The fourth-order valence-corrected chi connectivity index (χ4v) is 3.01. The lowest BCUT2D eigenvalue weighted by atomic mass is 10.0. The Kier molecular flexibility index (Phi) is 8.08. The van der Waals surface area contributed by atoms with Crippen LogP contribution in [0.3, 0.4) is 0 Å². The summed E-state index contributed by atoms with van der Waals surface area (Å²) in [4.78, 5) is 11.4. The van der Waals surface area contributed by atoms with Gasteiger partial charge in [-0.25, -0.2) is 0 Å². The fraction of sp³-hybridized carbons (Fsp3) is 0.923. The second-order valence-electron chi connectivity index (χ2n) is 4.48. The predicted octanol–water partition coefficient (Wildman–Crippen LogP) is 4.20. The van der Waals surface area contributed by atoms with Gasteiger partial charge in [0.25, 0.3) is 0 Å². The fourth-order valence-electron chi connectivity index (χ4n) is 1.99. The van der Waals surface area contributed by atoms with E-state index < -0.39 is 0 Å². The standard InChI is InChI=1S/C13H24OS/c14-13-9-5-2-1-3-7-11-15-12-8-4-6-10-13/h1-12H2. The summed E-state index contributed by atoms with van der Waals surface area (Å²) in [6.07, 6.45) is 11.8. The Morgan fingerprint density at radius 3 is 1.80 bits per heavy atom. The van der Waals surface area contributed by atoms with Crippen LogP contribution in [0.2, 0.25) is 0 Å². The van der Waals surface area contributed by atoms with Crippen LogP contribution in [-0.4, -0.2) is 17.3 Å². The van der Waals surface area contributed by atoms with Crippen molar-refractivity contribution in [2.45, 2.75) is 64.2 Å². The smallest absolute Gasteiger partial charge is 0.132 e. The van der Waals surface area contributed by atoms with Gasteiger partial charge in [0, 0.05) is 12.8 Å². The summed E-state index contributed by atoms with van der Waals surface area (Å²) in [6, 6.07) is 0. The molecular formula is C13H24OS. The second kappa shape index (κ2) is 9.26. The van der Waals surface area contributed by atoms with E-state index in [0.29, 0.717) is 5.78 Å². The van der Waals surface area contributed by atoms with Crippen molar-refractivity contribution in [2.75, 3.05) is 11.5 Å².